The van der Waals surface area contributed by atoms with E-state index in [9.17, 15) is 4.79 Å². The van der Waals surface area contributed by atoms with Gasteiger partial charge in [-0.05, 0) is 30.5 Å². The Morgan fingerprint density at radius 1 is 1.19 bits per heavy atom. The molecular weight excluding hydrogens is 266 g/mol. The van der Waals surface area contributed by atoms with Crippen LogP contribution < -0.4 is 0 Å². The summed E-state index contributed by atoms with van der Waals surface area (Å²) in [7, 11) is 0. The summed E-state index contributed by atoms with van der Waals surface area (Å²) in [6, 6.07) is 13.8. The fourth-order valence-corrected chi connectivity index (χ4v) is 2.61. The first kappa shape index (κ1) is 13.9. The number of carbonyl (C=O) groups is 1. The summed E-state index contributed by atoms with van der Waals surface area (Å²) in [4.78, 5) is 14.1. The fourth-order valence-electron chi connectivity index (χ4n) is 2.61. The molecule has 2 heterocycles. The smallest absolute Gasteiger partial charge is 0.289 e. The predicted octanol–water partition coefficient (Wildman–Crippen LogP) is 2.75. The molecule has 1 aliphatic heterocycles. The number of hydrogen-bond donors (Lipinski definition) is 0. The number of nitrogens with zero attached hydrogens (tertiary/aromatic N) is 1. The van der Waals surface area contributed by atoms with Crippen LogP contribution in [0.1, 0.15) is 22.5 Å². The Morgan fingerprint density at radius 3 is 2.81 bits per heavy atom. The van der Waals surface area contributed by atoms with Gasteiger partial charge in [-0.3, -0.25) is 4.79 Å². The molecule has 1 fully saturated rings. The quantitative estimate of drug-likeness (QED) is 0.867. The van der Waals surface area contributed by atoms with Crippen LogP contribution in [0.5, 0.6) is 0 Å². The highest BCUT2D eigenvalue weighted by Crippen LogP contribution is 2.15. The zero-order chi connectivity index (χ0) is 14.5. The monoisotopic (exact) mass is 285 g/mol. The van der Waals surface area contributed by atoms with Crippen LogP contribution in [0, 0.1) is 0 Å². The van der Waals surface area contributed by atoms with Gasteiger partial charge in [-0.15, -0.1) is 0 Å². The predicted molar refractivity (Wildman–Crippen MR) is 79.1 cm³/mol. The van der Waals surface area contributed by atoms with Gasteiger partial charge < -0.3 is 14.1 Å². The minimum absolute atomic E-state index is 0.0481. The molecule has 110 valence electrons. The van der Waals surface area contributed by atoms with Crippen molar-refractivity contribution in [1.82, 2.24) is 4.90 Å². The maximum atomic E-state index is 12.3. The van der Waals surface area contributed by atoms with E-state index in [1.54, 1.807) is 12.1 Å². The van der Waals surface area contributed by atoms with E-state index >= 15 is 0 Å². The molecule has 3 rings (SSSR count). The third-order valence-electron chi connectivity index (χ3n) is 3.76. The van der Waals surface area contributed by atoms with Crippen molar-refractivity contribution in [2.75, 3.05) is 19.7 Å². The van der Waals surface area contributed by atoms with Crippen LogP contribution in [0.2, 0.25) is 0 Å². The van der Waals surface area contributed by atoms with Crippen molar-refractivity contribution < 1.29 is 13.9 Å². The first-order chi connectivity index (χ1) is 10.3. The standard InChI is InChI=1S/C17H19NO3/c19-17(16-7-4-11-21-16)18-10-12-20-15(13-18)9-8-14-5-2-1-3-6-14/h1-7,11,15H,8-10,12-13H2/t15-/m0/s1. The van der Waals surface area contributed by atoms with E-state index in [4.69, 9.17) is 9.15 Å². The number of amides is 1. The van der Waals surface area contributed by atoms with Gasteiger partial charge in [0.15, 0.2) is 5.76 Å². The summed E-state index contributed by atoms with van der Waals surface area (Å²) in [5.74, 6) is 0.353. The number of carbonyl (C=O) groups excluding carboxylic acids is 1. The molecule has 1 aromatic carbocycles. The van der Waals surface area contributed by atoms with Gasteiger partial charge in [0.25, 0.3) is 5.91 Å². The number of morpholine rings is 1. The van der Waals surface area contributed by atoms with E-state index in [0.717, 1.165) is 12.8 Å². The minimum atomic E-state index is -0.0481. The van der Waals surface area contributed by atoms with Crippen LogP contribution in [0.3, 0.4) is 0 Å². The second kappa shape index (κ2) is 6.59. The molecule has 0 spiro atoms. The second-order valence-electron chi connectivity index (χ2n) is 5.25. The number of aryl methyl sites for hydroxylation is 1. The maximum absolute atomic E-state index is 12.3. The molecule has 2 aromatic rings. The van der Waals surface area contributed by atoms with E-state index < -0.39 is 0 Å². The van der Waals surface area contributed by atoms with Crippen molar-refractivity contribution in [3.8, 4) is 0 Å². The fraction of sp³-hybridized carbons (Fsp3) is 0.353. The molecule has 0 bridgehead atoms. The average molecular weight is 285 g/mol. The highest BCUT2D eigenvalue weighted by Gasteiger charge is 2.26. The molecule has 1 saturated heterocycles. The van der Waals surface area contributed by atoms with Crippen LogP contribution in [0.15, 0.2) is 53.1 Å². The van der Waals surface area contributed by atoms with Crippen molar-refractivity contribution in [3.05, 3.63) is 60.1 Å². The van der Waals surface area contributed by atoms with Crippen LogP contribution in [-0.4, -0.2) is 36.6 Å². The van der Waals surface area contributed by atoms with Crippen molar-refractivity contribution in [2.45, 2.75) is 18.9 Å². The first-order valence-electron chi connectivity index (χ1n) is 7.31. The molecule has 4 heteroatoms. The Labute approximate surface area is 124 Å². The van der Waals surface area contributed by atoms with E-state index in [2.05, 4.69) is 12.1 Å². The highest BCUT2D eigenvalue weighted by molar-refractivity contribution is 5.91. The highest BCUT2D eigenvalue weighted by atomic mass is 16.5. The molecule has 1 aromatic heterocycles. The van der Waals surface area contributed by atoms with Gasteiger partial charge in [0.2, 0.25) is 0 Å². The maximum Gasteiger partial charge on any atom is 0.289 e. The first-order valence-corrected chi connectivity index (χ1v) is 7.31. The van der Waals surface area contributed by atoms with Crippen molar-refractivity contribution in [1.29, 1.82) is 0 Å². The van der Waals surface area contributed by atoms with Crippen LogP contribution >= 0.6 is 0 Å². The molecule has 21 heavy (non-hydrogen) atoms. The molecule has 0 aliphatic carbocycles. The normalized spacial score (nSPS) is 18.7. The van der Waals surface area contributed by atoms with Crippen LogP contribution in [0.4, 0.5) is 0 Å². The number of hydrogen-bond acceptors (Lipinski definition) is 3. The topological polar surface area (TPSA) is 42.7 Å². The molecule has 1 atom stereocenters. The SMILES string of the molecule is O=C(c1ccco1)N1CCO[C@@H](CCc2ccccc2)C1. The molecule has 0 N–H and O–H groups in total. The Bertz CT molecular complexity index is 565. The van der Waals surface area contributed by atoms with Crippen molar-refractivity contribution >= 4 is 5.91 Å². The van der Waals surface area contributed by atoms with Gasteiger partial charge in [0.05, 0.1) is 19.0 Å². The van der Waals surface area contributed by atoms with Gasteiger partial charge in [0.1, 0.15) is 0 Å². The second-order valence-corrected chi connectivity index (χ2v) is 5.25. The largest absolute Gasteiger partial charge is 0.459 e. The Hall–Kier alpha value is -2.07. The molecule has 0 unspecified atom stereocenters. The third-order valence-corrected chi connectivity index (χ3v) is 3.76. The van der Waals surface area contributed by atoms with Gasteiger partial charge in [0, 0.05) is 13.1 Å². The van der Waals surface area contributed by atoms with E-state index in [1.807, 2.05) is 23.1 Å². The van der Waals surface area contributed by atoms with E-state index in [0.29, 0.717) is 25.5 Å². The van der Waals surface area contributed by atoms with Gasteiger partial charge in [-0.2, -0.15) is 0 Å². The Morgan fingerprint density at radius 2 is 2.05 bits per heavy atom. The summed E-state index contributed by atoms with van der Waals surface area (Å²) in [5.41, 5.74) is 1.30. The molecule has 0 radical (unpaired) electrons. The third kappa shape index (κ3) is 3.52. The molecule has 1 amide bonds. The lowest BCUT2D eigenvalue weighted by Crippen LogP contribution is -2.45. The van der Waals surface area contributed by atoms with E-state index in [1.165, 1.54) is 11.8 Å². The lowest BCUT2D eigenvalue weighted by atomic mass is 10.1. The van der Waals surface area contributed by atoms with Crippen LogP contribution in [-0.2, 0) is 11.2 Å². The molecule has 1 aliphatic rings. The number of furan rings is 1. The van der Waals surface area contributed by atoms with Gasteiger partial charge >= 0.3 is 0 Å². The van der Waals surface area contributed by atoms with Crippen molar-refractivity contribution in [2.24, 2.45) is 0 Å². The average Bonchev–Trinajstić information content (AvgIpc) is 3.08. The van der Waals surface area contributed by atoms with Gasteiger partial charge in [-0.25, -0.2) is 0 Å². The summed E-state index contributed by atoms with van der Waals surface area (Å²) >= 11 is 0. The molecular formula is C17H19NO3. The lowest BCUT2D eigenvalue weighted by Gasteiger charge is -2.32. The van der Waals surface area contributed by atoms with Gasteiger partial charge in [-0.1, -0.05) is 30.3 Å². The lowest BCUT2D eigenvalue weighted by molar-refractivity contribution is -0.0255. The Kier molecular flexibility index (Phi) is 4.36. The Balaban J connectivity index is 1.55. The zero-order valence-corrected chi connectivity index (χ0v) is 11.9. The minimum Gasteiger partial charge on any atom is -0.459 e. The van der Waals surface area contributed by atoms with Crippen molar-refractivity contribution in [3.63, 3.8) is 0 Å². The summed E-state index contributed by atoms with van der Waals surface area (Å²) in [5, 5.41) is 0. The molecule has 0 saturated carbocycles. The van der Waals surface area contributed by atoms with E-state index in [-0.39, 0.29) is 12.0 Å². The van der Waals surface area contributed by atoms with Crippen LogP contribution in [0.25, 0.3) is 0 Å². The number of ether oxygens (including phenoxy) is 1. The molecule has 4 nitrogen and oxygen atoms in total. The summed E-state index contributed by atoms with van der Waals surface area (Å²) < 4.78 is 11.0. The number of benzene rings is 1. The summed E-state index contributed by atoms with van der Waals surface area (Å²) in [6.07, 6.45) is 3.51. The number of rotatable bonds is 4. The summed E-state index contributed by atoms with van der Waals surface area (Å²) in [6.45, 7) is 1.85. The zero-order valence-electron chi connectivity index (χ0n) is 11.9.